The number of hydrogen-bond acceptors (Lipinski definition) is 6. The summed E-state index contributed by atoms with van der Waals surface area (Å²) in [6.07, 6.45) is -8.06. The average molecular weight is 381 g/mol. The number of nitrogens with zero attached hydrogens (tertiary/aromatic N) is 5. The molecule has 0 unspecified atom stereocenters. The maximum atomic E-state index is 13.3. The number of hydrogen-bond donors (Lipinski definition) is 1. The molecule has 0 spiro atoms. The quantitative estimate of drug-likeness (QED) is 0.459. The Hall–Kier alpha value is -2.57. The van der Waals surface area contributed by atoms with Gasteiger partial charge in [-0.25, -0.2) is 17.6 Å². The molecule has 1 aromatic heterocycles. The summed E-state index contributed by atoms with van der Waals surface area (Å²) in [5, 5.41) is 27.6. The molecule has 0 radical (unpaired) electrons. The van der Waals surface area contributed by atoms with Gasteiger partial charge in [0.25, 0.3) is 18.8 Å². The van der Waals surface area contributed by atoms with E-state index in [1.54, 1.807) is 0 Å². The highest BCUT2D eigenvalue weighted by Crippen LogP contribution is 2.35. The van der Waals surface area contributed by atoms with Gasteiger partial charge in [0, 0.05) is 6.42 Å². The van der Waals surface area contributed by atoms with Crippen LogP contribution in [0.25, 0.3) is 0 Å². The van der Waals surface area contributed by atoms with Gasteiger partial charge in [-0.3, -0.25) is 4.79 Å². The first kappa shape index (κ1) is 19.8. The molecule has 1 aliphatic heterocycles. The summed E-state index contributed by atoms with van der Waals surface area (Å²) in [6, 6.07) is -0.290. The van der Waals surface area contributed by atoms with Crippen molar-refractivity contribution >= 4 is 17.4 Å². The molecule has 1 N–H and O–H groups in total. The van der Waals surface area contributed by atoms with Crippen LogP contribution < -0.4 is 0 Å². The van der Waals surface area contributed by atoms with Gasteiger partial charge in [-0.05, 0) is 18.3 Å². The molecule has 9 nitrogen and oxygen atoms in total. The van der Waals surface area contributed by atoms with E-state index in [0.29, 0.717) is 0 Å². The third-order valence-corrected chi connectivity index (χ3v) is 3.91. The van der Waals surface area contributed by atoms with E-state index in [4.69, 9.17) is 0 Å². The van der Waals surface area contributed by atoms with Crippen LogP contribution in [0.1, 0.15) is 31.5 Å². The predicted molar refractivity (Wildman–Crippen MR) is 78.8 cm³/mol. The van der Waals surface area contributed by atoms with Crippen LogP contribution in [0, 0.1) is 17.0 Å². The van der Waals surface area contributed by atoms with Crippen molar-refractivity contribution < 1.29 is 32.4 Å². The number of rotatable bonds is 6. The van der Waals surface area contributed by atoms with E-state index in [9.17, 15) is 37.6 Å². The Kier molecular flexibility index (Phi) is 5.30. The Labute approximate surface area is 144 Å². The lowest BCUT2D eigenvalue weighted by Gasteiger charge is -2.31. The Morgan fingerprint density at radius 3 is 2.50 bits per heavy atom. The second-order valence-electron chi connectivity index (χ2n) is 5.67. The number of aliphatic hydroxyl groups is 1. The largest absolute Gasteiger partial charge is 0.390 e. The van der Waals surface area contributed by atoms with Crippen molar-refractivity contribution in [1.82, 2.24) is 14.8 Å². The summed E-state index contributed by atoms with van der Waals surface area (Å²) in [4.78, 5) is 22.6. The second-order valence-corrected chi connectivity index (χ2v) is 5.67. The molecule has 0 aliphatic carbocycles. The second kappa shape index (κ2) is 6.97. The molecule has 0 aromatic carbocycles. The van der Waals surface area contributed by atoms with Gasteiger partial charge in [0.2, 0.25) is 5.72 Å². The van der Waals surface area contributed by atoms with E-state index >= 15 is 0 Å². The highest BCUT2D eigenvalue weighted by Gasteiger charge is 2.54. The fraction of sp³-hybridized carbons (Fsp3) is 0.615. The molecule has 2 heterocycles. The summed E-state index contributed by atoms with van der Waals surface area (Å²) < 4.78 is 53.1. The number of nitro groups is 1. The van der Waals surface area contributed by atoms with E-state index in [0.717, 1.165) is 10.7 Å². The Morgan fingerprint density at radius 1 is 1.46 bits per heavy atom. The lowest BCUT2D eigenvalue weighted by Crippen LogP contribution is -2.53. The minimum atomic E-state index is -3.56. The average Bonchev–Trinajstić information content (AvgIpc) is 3.10. The van der Waals surface area contributed by atoms with Crippen molar-refractivity contribution in [2.45, 2.75) is 51.3 Å². The maximum absolute atomic E-state index is 13.3. The van der Waals surface area contributed by atoms with Crippen LogP contribution in [0.5, 0.6) is 0 Å². The standard InChI is InChI=1S/C13H15F4N5O4/c1-3-8(20-6(2)4-9(19-20)22(25)26)11(23)21-13(24,12(16)17)5-7(18-21)10(14)15/h4,8,10,12,24H,3,5H2,1-2H3/t8-,13-/m1/s1. The van der Waals surface area contributed by atoms with Gasteiger partial charge >= 0.3 is 5.82 Å². The molecule has 0 saturated heterocycles. The topological polar surface area (TPSA) is 114 Å². The minimum Gasteiger partial charge on any atom is -0.364 e. The summed E-state index contributed by atoms with van der Waals surface area (Å²) in [5.41, 5.74) is -4.10. The van der Waals surface area contributed by atoms with Crippen molar-refractivity contribution in [3.8, 4) is 0 Å². The number of hydrazone groups is 1. The van der Waals surface area contributed by atoms with E-state index in [1.807, 2.05) is 0 Å². The Morgan fingerprint density at radius 2 is 2.08 bits per heavy atom. The van der Waals surface area contributed by atoms with Crippen LogP contribution in [0.2, 0.25) is 0 Å². The van der Waals surface area contributed by atoms with Crippen molar-refractivity contribution in [1.29, 1.82) is 0 Å². The minimum absolute atomic E-state index is 0.0616. The van der Waals surface area contributed by atoms with E-state index in [-0.39, 0.29) is 17.1 Å². The number of aryl methyl sites for hydroxylation is 1. The third kappa shape index (κ3) is 3.25. The molecule has 1 aromatic rings. The van der Waals surface area contributed by atoms with Crippen LogP contribution in [-0.2, 0) is 4.79 Å². The van der Waals surface area contributed by atoms with E-state index in [1.165, 1.54) is 13.8 Å². The van der Waals surface area contributed by atoms with Gasteiger partial charge in [-0.1, -0.05) is 6.92 Å². The van der Waals surface area contributed by atoms with Crippen molar-refractivity contribution in [2.75, 3.05) is 0 Å². The van der Waals surface area contributed by atoms with Gasteiger partial charge in [0.15, 0.2) is 6.04 Å². The van der Waals surface area contributed by atoms with Crippen LogP contribution in [-0.4, -0.2) is 55.0 Å². The number of amides is 1. The van der Waals surface area contributed by atoms with Gasteiger partial charge in [0.1, 0.15) is 5.71 Å². The molecule has 0 saturated carbocycles. The number of alkyl halides is 4. The zero-order chi connectivity index (χ0) is 19.8. The molecule has 1 aliphatic rings. The molecule has 2 rings (SSSR count). The van der Waals surface area contributed by atoms with E-state index < -0.39 is 53.4 Å². The van der Waals surface area contributed by atoms with Crippen LogP contribution >= 0.6 is 0 Å². The highest BCUT2D eigenvalue weighted by atomic mass is 19.3. The number of aromatic nitrogens is 2. The fourth-order valence-corrected chi connectivity index (χ4v) is 2.59. The molecule has 1 amide bonds. The summed E-state index contributed by atoms with van der Waals surface area (Å²) in [5.74, 6) is -1.80. The smallest absolute Gasteiger partial charge is 0.364 e. The van der Waals surface area contributed by atoms with Gasteiger partial charge in [-0.2, -0.15) is 14.8 Å². The first-order valence-electron chi connectivity index (χ1n) is 7.43. The summed E-state index contributed by atoms with van der Waals surface area (Å²) in [7, 11) is 0. The zero-order valence-corrected chi connectivity index (χ0v) is 13.6. The molecular weight excluding hydrogens is 366 g/mol. The van der Waals surface area contributed by atoms with E-state index in [2.05, 4.69) is 10.2 Å². The molecule has 0 bridgehead atoms. The monoisotopic (exact) mass is 381 g/mol. The first-order valence-corrected chi connectivity index (χ1v) is 7.43. The first-order chi connectivity index (χ1) is 12.0. The molecule has 13 heteroatoms. The normalized spacial score (nSPS) is 21.4. The lowest BCUT2D eigenvalue weighted by atomic mass is 10.1. The Bertz CT molecular complexity index is 753. The molecule has 0 fully saturated rings. The number of carbonyl (C=O) groups excluding carboxylic acids is 1. The number of halogens is 4. The van der Waals surface area contributed by atoms with Gasteiger partial charge < -0.3 is 15.2 Å². The molecule has 144 valence electrons. The molecule has 26 heavy (non-hydrogen) atoms. The molecular formula is C13H15F4N5O4. The van der Waals surface area contributed by atoms with Gasteiger partial charge in [-0.15, -0.1) is 0 Å². The van der Waals surface area contributed by atoms with Crippen LogP contribution in [0.4, 0.5) is 23.4 Å². The summed E-state index contributed by atoms with van der Waals surface area (Å²) in [6.45, 7) is 2.86. The van der Waals surface area contributed by atoms with Crippen molar-refractivity contribution in [3.05, 3.63) is 21.9 Å². The highest BCUT2D eigenvalue weighted by molar-refractivity contribution is 5.93. The third-order valence-electron chi connectivity index (χ3n) is 3.91. The lowest BCUT2D eigenvalue weighted by molar-refractivity contribution is -0.389. The zero-order valence-electron chi connectivity index (χ0n) is 13.6. The van der Waals surface area contributed by atoms with Crippen LogP contribution in [0.15, 0.2) is 11.2 Å². The van der Waals surface area contributed by atoms with Crippen molar-refractivity contribution in [2.24, 2.45) is 5.10 Å². The SMILES string of the molecule is CC[C@H](C(=O)N1N=C(C(F)F)C[C@@]1(O)C(F)F)n1nc([N+](=O)[O-])cc1C. The maximum Gasteiger partial charge on any atom is 0.390 e. The summed E-state index contributed by atoms with van der Waals surface area (Å²) >= 11 is 0. The van der Waals surface area contributed by atoms with Crippen molar-refractivity contribution in [3.63, 3.8) is 0 Å². The Balaban J connectivity index is 2.44. The van der Waals surface area contributed by atoms with Crippen LogP contribution in [0.3, 0.4) is 0 Å². The fourth-order valence-electron chi connectivity index (χ4n) is 2.59. The number of carbonyl (C=O) groups is 1. The predicted octanol–water partition coefficient (Wildman–Crippen LogP) is 1.86. The van der Waals surface area contributed by atoms with Gasteiger partial charge in [0.05, 0.1) is 16.9 Å². The molecule has 2 atom stereocenters.